The molecule has 1 saturated heterocycles. The third kappa shape index (κ3) is 4.05. The highest BCUT2D eigenvalue weighted by molar-refractivity contribution is 5.72. The minimum atomic E-state index is -0.181. The second-order valence-corrected chi connectivity index (χ2v) is 5.48. The molecule has 1 aliphatic rings. The molecule has 4 nitrogen and oxygen atoms in total. The lowest BCUT2D eigenvalue weighted by Crippen LogP contribution is -2.35. The van der Waals surface area contributed by atoms with Crippen molar-refractivity contribution in [1.82, 2.24) is 4.90 Å². The number of rotatable bonds is 5. The monoisotopic (exact) mass is 276 g/mol. The zero-order valence-corrected chi connectivity index (χ0v) is 12.2. The smallest absolute Gasteiger partial charge is 0.309 e. The number of hydrogen-bond donors (Lipinski definition) is 1. The summed E-state index contributed by atoms with van der Waals surface area (Å²) in [5.41, 5.74) is 8.02. The lowest BCUT2D eigenvalue weighted by molar-refractivity contribution is -0.139. The van der Waals surface area contributed by atoms with Gasteiger partial charge in [0, 0.05) is 6.54 Å². The first-order valence-electron chi connectivity index (χ1n) is 7.29. The van der Waals surface area contributed by atoms with Crippen molar-refractivity contribution in [1.29, 1.82) is 0 Å². The van der Waals surface area contributed by atoms with Crippen LogP contribution in [0.4, 0.5) is 0 Å². The van der Waals surface area contributed by atoms with Gasteiger partial charge in [0.05, 0.1) is 13.5 Å². The van der Waals surface area contributed by atoms with Crippen LogP contribution < -0.4 is 5.73 Å². The van der Waals surface area contributed by atoms with Crippen LogP contribution in [0.15, 0.2) is 24.3 Å². The first-order chi connectivity index (χ1) is 9.72. The van der Waals surface area contributed by atoms with Crippen molar-refractivity contribution in [3.63, 3.8) is 0 Å². The van der Waals surface area contributed by atoms with Crippen LogP contribution in [-0.2, 0) is 22.5 Å². The highest BCUT2D eigenvalue weighted by Gasteiger charge is 2.19. The normalized spacial score (nSPS) is 17.1. The number of piperidine rings is 1. The van der Waals surface area contributed by atoms with Crippen molar-refractivity contribution in [3.05, 3.63) is 35.4 Å². The Morgan fingerprint density at radius 1 is 1.30 bits per heavy atom. The molecule has 0 amide bonds. The number of hydrogen-bond acceptors (Lipinski definition) is 4. The third-order valence-electron chi connectivity index (χ3n) is 4.12. The van der Waals surface area contributed by atoms with E-state index in [0.29, 0.717) is 12.3 Å². The van der Waals surface area contributed by atoms with Crippen LogP contribution in [-0.4, -0.2) is 37.6 Å². The molecule has 0 unspecified atom stereocenters. The summed E-state index contributed by atoms with van der Waals surface area (Å²) in [7, 11) is 1.43. The van der Waals surface area contributed by atoms with Crippen molar-refractivity contribution in [2.75, 3.05) is 26.7 Å². The molecule has 2 rings (SSSR count). The average molecular weight is 276 g/mol. The number of esters is 1. The predicted molar refractivity (Wildman–Crippen MR) is 79.2 cm³/mol. The molecule has 0 aromatic heterocycles. The van der Waals surface area contributed by atoms with Crippen LogP contribution in [0.1, 0.15) is 24.0 Å². The number of likely N-dealkylation sites (tertiary alicyclic amines) is 1. The molecule has 0 saturated carbocycles. The second kappa shape index (κ2) is 7.41. The van der Waals surface area contributed by atoms with Gasteiger partial charge in [-0.1, -0.05) is 24.3 Å². The number of carbonyl (C=O) groups is 1. The van der Waals surface area contributed by atoms with E-state index in [1.54, 1.807) is 0 Å². The lowest BCUT2D eigenvalue weighted by atomic mass is 9.96. The zero-order chi connectivity index (χ0) is 14.4. The van der Waals surface area contributed by atoms with Crippen LogP contribution in [0, 0.1) is 5.92 Å². The van der Waals surface area contributed by atoms with Crippen molar-refractivity contribution in [2.24, 2.45) is 11.7 Å². The molecule has 2 N–H and O–H groups in total. The number of methoxy groups -OCH3 is 1. The highest BCUT2D eigenvalue weighted by atomic mass is 16.5. The molecule has 110 valence electrons. The van der Waals surface area contributed by atoms with Crippen molar-refractivity contribution >= 4 is 5.97 Å². The van der Waals surface area contributed by atoms with Crippen molar-refractivity contribution in [2.45, 2.75) is 25.8 Å². The maximum Gasteiger partial charge on any atom is 0.309 e. The molecule has 1 fully saturated rings. The molecule has 20 heavy (non-hydrogen) atoms. The molecule has 4 heteroatoms. The fourth-order valence-electron chi connectivity index (χ4n) is 2.73. The summed E-state index contributed by atoms with van der Waals surface area (Å²) in [4.78, 5) is 13.9. The standard InChI is InChI=1S/C16H24N2O2/c1-20-16(19)10-14-4-2-3-5-15(14)12-18-8-6-13(11-17)7-9-18/h2-5,13H,6-12,17H2,1H3. The Morgan fingerprint density at radius 3 is 2.55 bits per heavy atom. The SMILES string of the molecule is COC(=O)Cc1ccccc1CN1CCC(CN)CC1. The van der Waals surface area contributed by atoms with Crippen LogP contribution in [0.3, 0.4) is 0 Å². The fraction of sp³-hybridized carbons (Fsp3) is 0.562. The quantitative estimate of drug-likeness (QED) is 0.830. The minimum Gasteiger partial charge on any atom is -0.469 e. The van der Waals surface area contributed by atoms with Gasteiger partial charge in [-0.2, -0.15) is 0 Å². The second-order valence-electron chi connectivity index (χ2n) is 5.48. The summed E-state index contributed by atoms with van der Waals surface area (Å²) in [6.45, 7) is 3.89. The van der Waals surface area contributed by atoms with Gasteiger partial charge in [0.2, 0.25) is 0 Å². The summed E-state index contributed by atoms with van der Waals surface area (Å²) in [6.07, 6.45) is 2.71. The number of nitrogens with two attached hydrogens (primary N) is 1. The van der Waals surface area contributed by atoms with E-state index in [1.807, 2.05) is 18.2 Å². The molecule has 1 aliphatic heterocycles. The van der Waals surface area contributed by atoms with Gasteiger partial charge in [-0.3, -0.25) is 9.69 Å². The molecule has 0 radical (unpaired) electrons. The van der Waals surface area contributed by atoms with Crippen LogP contribution in [0.5, 0.6) is 0 Å². The Hall–Kier alpha value is -1.39. The van der Waals surface area contributed by atoms with Crippen molar-refractivity contribution in [3.8, 4) is 0 Å². The molecule has 0 aliphatic carbocycles. The van der Waals surface area contributed by atoms with Gasteiger partial charge < -0.3 is 10.5 Å². The molecule has 0 atom stereocenters. The summed E-state index contributed by atoms with van der Waals surface area (Å²) >= 11 is 0. The highest BCUT2D eigenvalue weighted by Crippen LogP contribution is 2.19. The van der Waals surface area contributed by atoms with Gasteiger partial charge in [0.15, 0.2) is 0 Å². The minimum absolute atomic E-state index is 0.181. The van der Waals surface area contributed by atoms with Crippen LogP contribution >= 0.6 is 0 Å². The Labute approximate surface area is 120 Å². The molecular weight excluding hydrogens is 252 g/mol. The van der Waals surface area contributed by atoms with Gasteiger partial charge in [-0.05, 0) is 49.5 Å². The fourth-order valence-corrected chi connectivity index (χ4v) is 2.73. The molecule has 1 aromatic carbocycles. The number of benzene rings is 1. The first kappa shape index (κ1) is 15.0. The third-order valence-corrected chi connectivity index (χ3v) is 4.12. The molecule has 0 bridgehead atoms. The Morgan fingerprint density at radius 2 is 1.95 bits per heavy atom. The summed E-state index contributed by atoms with van der Waals surface area (Å²) in [5.74, 6) is 0.496. The summed E-state index contributed by atoms with van der Waals surface area (Å²) < 4.78 is 4.76. The Bertz CT molecular complexity index is 440. The molecular formula is C16H24N2O2. The first-order valence-corrected chi connectivity index (χ1v) is 7.29. The predicted octanol–water partition coefficient (Wildman–Crippen LogP) is 1.57. The molecule has 0 spiro atoms. The van der Waals surface area contributed by atoms with Gasteiger partial charge in [0.25, 0.3) is 0 Å². The Kier molecular flexibility index (Phi) is 5.56. The maximum atomic E-state index is 11.5. The zero-order valence-electron chi connectivity index (χ0n) is 12.2. The van der Waals surface area contributed by atoms with Gasteiger partial charge in [-0.15, -0.1) is 0 Å². The van der Waals surface area contributed by atoms with E-state index in [-0.39, 0.29) is 5.97 Å². The summed E-state index contributed by atoms with van der Waals surface area (Å²) in [5, 5.41) is 0. The largest absolute Gasteiger partial charge is 0.469 e. The molecule has 1 aromatic rings. The van der Waals surface area contributed by atoms with E-state index >= 15 is 0 Å². The van der Waals surface area contributed by atoms with Crippen LogP contribution in [0.25, 0.3) is 0 Å². The van der Waals surface area contributed by atoms with Crippen LogP contribution in [0.2, 0.25) is 0 Å². The Balaban J connectivity index is 1.97. The number of nitrogens with zero attached hydrogens (tertiary/aromatic N) is 1. The summed E-state index contributed by atoms with van der Waals surface area (Å²) in [6, 6.07) is 8.12. The van der Waals surface area contributed by atoms with Gasteiger partial charge in [0.1, 0.15) is 0 Å². The van der Waals surface area contributed by atoms with Gasteiger partial charge >= 0.3 is 5.97 Å². The topological polar surface area (TPSA) is 55.6 Å². The maximum absolute atomic E-state index is 11.5. The number of carbonyl (C=O) groups excluding carboxylic acids is 1. The number of ether oxygens (including phenoxy) is 1. The average Bonchev–Trinajstić information content (AvgIpc) is 2.50. The van der Waals surface area contributed by atoms with E-state index in [1.165, 1.54) is 25.5 Å². The van der Waals surface area contributed by atoms with Gasteiger partial charge in [-0.25, -0.2) is 0 Å². The van der Waals surface area contributed by atoms with E-state index in [4.69, 9.17) is 10.5 Å². The van der Waals surface area contributed by atoms with Crippen molar-refractivity contribution < 1.29 is 9.53 Å². The van der Waals surface area contributed by atoms with E-state index in [0.717, 1.165) is 31.7 Å². The van der Waals surface area contributed by atoms with E-state index in [9.17, 15) is 4.79 Å². The van der Waals surface area contributed by atoms with E-state index < -0.39 is 0 Å². The molecule has 1 heterocycles. The van der Waals surface area contributed by atoms with E-state index in [2.05, 4.69) is 11.0 Å². The lowest BCUT2D eigenvalue weighted by Gasteiger charge is -2.31.